The van der Waals surface area contributed by atoms with E-state index in [4.69, 9.17) is 10.00 Å². The van der Waals surface area contributed by atoms with E-state index in [9.17, 15) is 18.4 Å². The second kappa shape index (κ2) is 13.6. The summed E-state index contributed by atoms with van der Waals surface area (Å²) >= 11 is 0. The topological polar surface area (TPSA) is 172 Å². The second-order valence-corrected chi connectivity index (χ2v) is 10.6. The van der Waals surface area contributed by atoms with Crippen molar-refractivity contribution in [1.82, 2.24) is 40.9 Å². The van der Waals surface area contributed by atoms with Crippen molar-refractivity contribution in [3.05, 3.63) is 41.1 Å². The van der Waals surface area contributed by atoms with E-state index in [0.29, 0.717) is 37.4 Å². The molecule has 2 saturated carbocycles. The predicted molar refractivity (Wildman–Crippen MR) is 144 cm³/mol. The molecule has 0 bridgehead atoms. The molecule has 1 unspecified atom stereocenters. The number of ether oxygens (including phenoxy) is 1. The lowest BCUT2D eigenvalue weighted by Gasteiger charge is -2.20. The summed E-state index contributed by atoms with van der Waals surface area (Å²) in [6.07, 6.45) is 8.84. The number of nitrogens with one attached hydrogen (secondary N) is 3. The number of nitriles is 1. The van der Waals surface area contributed by atoms with Gasteiger partial charge in [0, 0.05) is 26.5 Å². The van der Waals surface area contributed by atoms with Gasteiger partial charge in [-0.05, 0) is 55.8 Å². The summed E-state index contributed by atoms with van der Waals surface area (Å²) in [4.78, 5) is 27.1. The molecule has 0 aromatic carbocycles. The van der Waals surface area contributed by atoms with Crippen LogP contribution in [0.4, 0.5) is 13.6 Å². The van der Waals surface area contributed by atoms with E-state index in [2.05, 4.69) is 47.0 Å². The first-order valence-corrected chi connectivity index (χ1v) is 13.9. The molecule has 6 rings (SSSR count). The van der Waals surface area contributed by atoms with Crippen molar-refractivity contribution in [3.63, 3.8) is 0 Å². The van der Waals surface area contributed by atoms with Gasteiger partial charge in [-0.25, -0.2) is 27.7 Å². The molecule has 1 saturated heterocycles. The van der Waals surface area contributed by atoms with Crippen LogP contribution in [0.25, 0.3) is 5.65 Å². The van der Waals surface area contributed by atoms with Crippen LogP contribution in [0, 0.1) is 23.7 Å². The molecule has 3 aromatic heterocycles. The van der Waals surface area contributed by atoms with Crippen LogP contribution in [0.3, 0.4) is 0 Å². The van der Waals surface area contributed by atoms with E-state index in [1.807, 2.05) is 6.07 Å². The average molecular weight is 588 g/mol. The fourth-order valence-corrected chi connectivity index (χ4v) is 4.63. The van der Waals surface area contributed by atoms with Gasteiger partial charge in [-0.3, -0.25) is 4.79 Å². The average Bonchev–Trinajstić information content (AvgIpc) is 3.23. The van der Waals surface area contributed by atoms with Crippen molar-refractivity contribution in [1.29, 1.82) is 5.26 Å². The van der Waals surface area contributed by atoms with E-state index in [-0.39, 0.29) is 48.5 Å². The van der Waals surface area contributed by atoms with Crippen LogP contribution in [0.5, 0.6) is 0 Å². The molecule has 3 aliphatic rings. The first kappa shape index (κ1) is 30.8. The Hall–Kier alpha value is -4.19. The number of imidazole rings is 1. The van der Waals surface area contributed by atoms with E-state index < -0.39 is 5.92 Å². The summed E-state index contributed by atoms with van der Waals surface area (Å²) < 4.78 is 35.6. The number of aromatic nitrogens is 5. The number of fused-ring (bicyclic) bond motifs is 1. The monoisotopic (exact) mass is 587 g/mol. The summed E-state index contributed by atoms with van der Waals surface area (Å²) in [6.45, 7) is 3.16. The Labute approximate surface area is 241 Å². The van der Waals surface area contributed by atoms with Crippen molar-refractivity contribution in [3.8, 4) is 6.07 Å². The lowest BCUT2D eigenvalue weighted by Crippen LogP contribution is -2.34. The van der Waals surface area contributed by atoms with E-state index in [1.165, 1.54) is 0 Å². The van der Waals surface area contributed by atoms with Gasteiger partial charge in [-0.15, -0.1) is 0 Å². The maximum atomic E-state index is 12.2. The molecule has 0 radical (unpaired) electrons. The van der Waals surface area contributed by atoms with Crippen LogP contribution in [0.2, 0.25) is 0 Å². The van der Waals surface area contributed by atoms with Gasteiger partial charge in [0.1, 0.15) is 5.69 Å². The highest BCUT2D eigenvalue weighted by Gasteiger charge is 2.52. The van der Waals surface area contributed by atoms with Crippen LogP contribution < -0.4 is 16.0 Å². The minimum absolute atomic E-state index is 0.0417. The molecule has 226 valence electrons. The van der Waals surface area contributed by atoms with Gasteiger partial charge in [0.15, 0.2) is 11.3 Å². The van der Waals surface area contributed by atoms with Crippen molar-refractivity contribution >= 4 is 17.6 Å². The number of urea groups is 1. The SMILES string of the molecule is COCCc1cnn2cc(CNC(=O)c3nonc3C)nc2c1.FC1(F)CCCCC1.N#CC1(C2CNC(=O)N2)CC1. The van der Waals surface area contributed by atoms with Gasteiger partial charge in [0.25, 0.3) is 5.91 Å². The van der Waals surface area contributed by atoms with Crippen molar-refractivity contribution in [2.75, 3.05) is 20.3 Å². The third-order valence-electron chi connectivity index (χ3n) is 7.35. The number of amides is 3. The minimum atomic E-state index is -2.32. The molecule has 4 heterocycles. The molecule has 1 aliphatic heterocycles. The number of carbonyl (C=O) groups excluding carboxylic acids is 2. The molecule has 1 atom stereocenters. The molecule has 3 amide bonds. The number of hydrogen-bond acceptors (Lipinski definition) is 9. The van der Waals surface area contributed by atoms with Gasteiger partial charge in [-0.2, -0.15) is 10.4 Å². The maximum absolute atomic E-state index is 12.2. The summed E-state index contributed by atoms with van der Waals surface area (Å²) in [5, 5.41) is 28.3. The van der Waals surface area contributed by atoms with E-state index in [0.717, 1.165) is 36.9 Å². The quantitative estimate of drug-likeness (QED) is 0.375. The predicted octanol–water partition coefficient (Wildman–Crippen LogP) is 3.10. The highest BCUT2D eigenvalue weighted by atomic mass is 19.3. The summed E-state index contributed by atoms with van der Waals surface area (Å²) in [7, 11) is 1.66. The first-order chi connectivity index (χ1) is 20.1. The van der Waals surface area contributed by atoms with Crippen LogP contribution in [-0.2, 0) is 17.7 Å². The highest BCUT2D eigenvalue weighted by Crippen LogP contribution is 2.48. The summed E-state index contributed by atoms with van der Waals surface area (Å²) in [5.41, 5.74) is 2.85. The molecule has 15 heteroatoms. The lowest BCUT2D eigenvalue weighted by molar-refractivity contribution is -0.0337. The molecular formula is C27H35F2N9O4. The van der Waals surface area contributed by atoms with Crippen molar-refractivity contribution in [2.24, 2.45) is 5.41 Å². The minimum Gasteiger partial charge on any atom is -0.384 e. The largest absolute Gasteiger partial charge is 0.384 e. The molecule has 42 heavy (non-hydrogen) atoms. The Morgan fingerprint density at radius 1 is 1.26 bits per heavy atom. The zero-order chi connectivity index (χ0) is 30.2. The number of methoxy groups -OCH3 is 1. The Morgan fingerprint density at radius 3 is 2.57 bits per heavy atom. The standard InChI is InChI=1S/C14H16N6O3.C7H9N3O.C6H10F2/c1-9-13(19-23-18-9)14(21)15-7-11-8-20-12(17-11)5-10(6-16-20)3-4-22-2;8-4-7(1-2-7)5-3-9-6(11)10-5;7-6(8)4-2-1-3-5-6/h5-6,8H,3-4,7H2,1-2H3,(H,15,21);5H,1-3H2,(H2,9,10,11);1-5H2. The summed E-state index contributed by atoms with van der Waals surface area (Å²) in [5.74, 6) is -2.67. The second-order valence-electron chi connectivity index (χ2n) is 10.6. The van der Waals surface area contributed by atoms with Crippen molar-refractivity contribution < 1.29 is 27.7 Å². The fourth-order valence-electron chi connectivity index (χ4n) is 4.63. The van der Waals surface area contributed by atoms with Crippen LogP contribution >= 0.6 is 0 Å². The van der Waals surface area contributed by atoms with Gasteiger partial charge in [-0.1, -0.05) is 11.6 Å². The lowest BCUT2D eigenvalue weighted by atomic mass is 9.97. The number of carbonyl (C=O) groups is 2. The number of nitrogens with zero attached hydrogens (tertiary/aromatic N) is 6. The van der Waals surface area contributed by atoms with Crippen molar-refractivity contribution in [2.45, 2.75) is 76.8 Å². The van der Waals surface area contributed by atoms with Gasteiger partial charge >= 0.3 is 6.03 Å². The molecule has 2 aliphatic carbocycles. The Bertz CT molecular complexity index is 1410. The van der Waals surface area contributed by atoms with Crippen LogP contribution in [0.1, 0.15) is 72.4 Å². The Balaban J connectivity index is 0.000000174. The third kappa shape index (κ3) is 8.19. The number of hydrogen-bond donors (Lipinski definition) is 3. The van der Waals surface area contributed by atoms with E-state index in [1.54, 1.807) is 30.9 Å². The fraction of sp³-hybridized carbons (Fsp3) is 0.593. The van der Waals surface area contributed by atoms with Gasteiger partial charge < -0.3 is 20.7 Å². The van der Waals surface area contributed by atoms with E-state index >= 15 is 0 Å². The molecule has 3 aromatic rings. The van der Waals surface area contributed by atoms with Gasteiger partial charge in [0.2, 0.25) is 5.92 Å². The normalized spacial score (nSPS) is 19.7. The van der Waals surface area contributed by atoms with Crippen LogP contribution in [0.15, 0.2) is 23.1 Å². The molecule has 3 fully saturated rings. The number of halogens is 2. The van der Waals surface area contributed by atoms with Gasteiger partial charge in [0.05, 0.1) is 48.8 Å². The number of aryl methyl sites for hydroxylation is 1. The number of rotatable bonds is 7. The zero-order valence-corrected chi connectivity index (χ0v) is 23.7. The zero-order valence-electron chi connectivity index (χ0n) is 23.7. The smallest absolute Gasteiger partial charge is 0.315 e. The number of alkyl halides is 2. The molecule has 3 N–H and O–H groups in total. The Morgan fingerprint density at radius 2 is 2.02 bits per heavy atom. The Kier molecular flexibility index (Phi) is 10.00. The summed E-state index contributed by atoms with van der Waals surface area (Å²) in [6, 6.07) is 4.11. The maximum Gasteiger partial charge on any atom is 0.315 e. The highest BCUT2D eigenvalue weighted by molar-refractivity contribution is 5.92. The van der Waals surface area contributed by atoms with Crippen LogP contribution in [-0.4, -0.2) is 69.1 Å². The molecule has 13 nitrogen and oxygen atoms in total. The third-order valence-corrected chi connectivity index (χ3v) is 7.35. The first-order valence-electron chi connectivity index (χ1n) is 13.9. The molecular weight excluding hydrogens is 552 g/mol. The molecule has 0 spiro atoms.